The molecule has 2 fully saturated rings. The lowest BCUT2D eigenvalue weighted by Crippen LogP contribution is -2.50. The van der Waals surface area contributed by atoms with Crippen molar-refractivity contribution in [1.29, 1.82) is 0 Å². The van der Waals surface area contributed by atoms with E-state index in [0.29, 0.717) is 6.04 Å². The monoisotopic (exact) mass is 317 g/mol. The predicted octanol–water partition coefficient (Wildman–Crippen LogP) is 2.38. The zero-order chi connectivity index (χ0) is 15.7. The Hall–Kier alpha value is -1.50. The van der Waals surface area contributed by atoms with E-state index in [4.69, 9.17) is 14.1 Å². The van der Waals surface area contributed by atoms with E-state index in [1.807, 2.05) is 6.07 Å². The average molecular weight is 317 g/mol. The molecule has 6 nitrogen and oxygen atoms in total. The van der Waals surface area contributed by atoms with Crippen molar-refractivity contribution >= 4 is 11.0 Å². The molecule has 1 atom stereocenters. The zero-order valence-electron chi connectivity index (χ0n) is 13.5. The van der Waals surface area contributed by atoms with Gasteiger partial charge in [0.05, 0.1) is 5.60 Å². The molecule has 1 spiro atoms. The molecule has 0 aliphatic carbocycles. The third kappa shape index (κ3) is 3.11. The highest BCUT2D eigenvalue weighted by Gasteiger charge is 2.40. The lowest BCUT2D eigenvalue weighted by atomic mass is 9.83. The van der Waals surface area contributed by atoms with Crippen LogP contribution in [0.4, 0.5) is 0 Å². The lowest BCUT2D eigenvalue weighted by molar-refractivity contribution is -0.150. The van der Waals surface area contributed by atoms with Gasteiger partial charge in [-0.25, -0.2) is 4.63 Å². The molecule has 2 saturated heterocycles. The van der Waals surface area contributed by atoms with Crippen LogP contribution in [0.1, 0.15) is 31.2 Å². The molecule has 124 valence electrons. The van der Waals surface area contributed by atoms with E-state index in [-0.39, 0.29) is 5.60 Å². The Morgan fingerprint density at radius 1 is 1.17 bits per heavy atom. The van der Waals surface area contributed by atoms with Gasteiger partial charge in [-0.05, 0) is 60.7 Å². The Labute approximate surface area is 135 Å². The third-order valence-electron chi connectivity index (χ3n) is 5.24. The minimum absolute atomic E-state index is 0.0371. The summed E-state index contributed by atoms with van der Waals surface area (Å²) in [4.78, 5) is 2.44. The van der Waals surface area contributed by atoms with Gasteiger partial charge in [0.25, 0.3) is 0 Å². The van der Waals surface area contributed by atoms with Crippen LogP contribution in [0.2, 0.25) is 0 Å². The van der Waals surface area contributed by atoms with Gasteiger partial charge in [-0.1, -0.05) is 6.07 Å². The van der Waals surface area contributed by atoms with Gasteiger partial charge >= 0.3 is 0 Å². The Bertz CT molecular complexity index is 660. The minimum Gasteiger partial charge on any atom is -0.381 e. The molecule has 1 aromatic heterocycles. The van der Waals surface area contributed by atoms with Crippen molar-refractivity contribution in [3.8, 4) is 0 Å². The van der Waals surface area contributed by atoms with Gasteiger partial charge in [-0.3, -0.25) is 4.90 Å². The summed E-state index contributed by atoms with van der Waals surface area (Å²) in [7, 11) is 2.20. The standard InChI is InChI=1S/C17H23N3O3/c1-20(12-13-2-3-15-16(10-13)19-23-18-15)14-4-7-22-17(11-14)5-8-21-9-6-17/h2-3,10,14H,4-9,11-12H2,1H3/t14-/m1/s1. The van der Waals surface area contributed by atoms with Crippen LogP contribution in [-0.4, -0.2) is 53.7 Å². The quantitative estimate of drug-likeness (QED) is 0.866. The van der Waals surface area contributed by atoms with Crippen molar-refractivity contribution in [3.63, 3.8) is 0 Å². The summed E-state index contributed by atoms with van der Waals surface area (Å²) in [6.07, 6.45) is 4.23. The Morgan fingerprint density at radius 3 is 2.87 bits per heavy atom. The molecule has 2 aromatic rings. The molecule has 4 rings (SSSR count). The molecular formula is C17H23N3O3. The van der Waals surface area contributed by atoms with Crippen molar-refractivity contribution in [1.82, 2.24) is 15.2 Å². The van der Waals surface area contributed by atoms with Crippen molar-refractivity contribution in [3.05, 3.63) is 23.8 Å². The van der Waals surface area contributed by atoms with E-state index in [1.165, 1.54) is 5.56 Å². The zero-order valence-corrected chi connectivity index (χ0v) is 13.5. The number of benzene rings is 1. The van der Waals surface area contributed by atoms with Gasteiger partial charge < -0.3 is 9.47 Å². The molecule has 23 heavy (non-hydrogen) atoms. The molecule has 0 N–H and O–H groups in total. The predicted molar refractivity (Wildman–Crippen MR) is 85.0 cm³/mol. The molecule has 6 heteroatoms. The summed E-state index contributed by atoms with van der Waals surface area (Å²) in [6, 6.07) is 6.69. The lowest BCUT2D eigenvalue weighted by Gasteiger charge is -2.45. The molecule has 1 aromatic carbocycles. The van der Waals surface area contributed by atoms with Crippen LogP contribution in [0.5, 0.6) is 0 Å². The van der Waals surface area contributed by atoms with Gasteiger partial charge in [0, 0.05) is 32.4 Å². The van der Waals surface area contributed by atoms with Crippen molar-refractivity contribution < 1.29 is 14.1 Å². The maximum atomic E-state index is 6.15. The maximum Gasteiger partial charge on any atom is 0.135 e. The van der Waals surface area contributed by atoms with Crippen LogP contribution in [0.3, 0.4) is 0 Å². The number of hydrogen-bond donors (Lipinski definition) is 0. The number of nitrogens with zero attached hydrogens (tertiary/aromatic N) is 3. The Morgan fingerprint density at radius 2 is 2.00 bits per heavy atom. The van der Waals surface area contributed by atoms with Crippen LogP contribution >= 0.6 is 0 Å². The van der Waals surface area contributed by atoms with E-state index >= 15 is 0 Å². The largest absolute Gasteiger partial charge is 0.381 e. The van der Waals surface area contributed by atoms with Crippen molar-refractivity contribution in [2.75, 3.05) is 26.9 Å². The maximum absolute atomic E-state index is 6.15. The van der Waals surface area contributed by atoms with Crippen molar-refractivity contribution in [2.45, 2.75) is 43.9 Å². The van der Waals surface area contributed by atoms with Crippen LogP contribution in [0, 0.1) is 0 Å². The third-order valence-corrected chi connectivity index (χ3v) is 5.24. The first-order chi connectivity index (χ1) is 11.2. The smallest absolute Gasteiger partial charge is 0.135 e. The highest BCUT2D eigenvalue weighted by molar-refractivity contribution is 5.73. The topological polar surface area (TPSA) is 60.6 Å². The first-order valence-corrected chi connectivity index (χ1v) is 8.37. The molecule has 2 aliphatic heterocycles. The molecule has 0 unspecified atom stereocenters. The molecule has 0 radical (unpaired) electrons. The van der Waals surface area contributed by atoms with Crippen LogP contribution in [-0.2, 0) is 16.0 Å². The van der Waals surface area contributed by atoms with Crippen LogP contribution in [0.25, 0.3) is 11.0 Å². The van der Waals surface area contributed by atoms with Crippen LogP contribution in [0.15, 0.2) is 22.8 Å². The number of fused-ring (bicyclic) bond motifs is 1. The van der Waals surface area contributed by atoms with E-state index < -0.39 is 0 Å². The average Bonchev–Trinajstić information content (AvgIpc) is 3.03. The first-order valence-electron chi connectivity index (χ1n) is 8.37. The minimum atomic E-state index is 0.0371. The van der Waals surface area contributed by atoms with Gasteiger partial charge in [-0.15, -0.1) is 0 Å². The summed E-state index contributed by atoms with van der Waals surface area (Å²) in [5, 5.41) is 7.79. The Kier molecular flexibility index (Phi) is 4.05. The summed E-state index contributed by atoms with van der Waals surface area (Å²) >= 11 is 0. The van der Waals surface area contributed by atoms with Gasteiger partial charge in [0.2, 0.25) is 0 Å². The first kappa shape index (κ1) is 15.1. The van der Waals surface area contributed by atoms with Gasteiger partial charge in [0.15, 0.2) is 0 Å². The van der Waals surface area contributed by atoms with E-state index in [2.05, 4.69) is 34.4 Å². The van der Waals surface area contributed by atoms with E-state index in [9.17, 15) is 0 Å². The molecule has 0 amide bonds. The summed E-state index contributed by atoms with van der Waals surface area (Å²) in [5.41, 5.74) is 2.91. The van der Waals surface area contributed by atoms with Crippen LogP contribution < -0.4 is 0 Å². The fraction of sp³-hybridized carbons (Fsp3) is 0.647. The number of rotatable bonds is 3. The highest BCUT2D eigenvalue weighted by Crippen LogP contribution is 2.36. The second-order valence-electron chi connectivity index (χ2n) is 6.79. The second-order valence-corrected chi connectivity index (χ2v) is 6.79. The molecule has 0 saturated carbocycles. The SMILES string of the molecule is CN(Cc1ccc2nonc2c1)[C@@H]1CCOC2(CCOCC2)C1. The highest BCUT2D eigenvalue weighted by atomic mass is 16.6. The molecule has 0 bridgehead atoms. The van der Waals surface area contributed by atoms with E-state index in [0.717, 1.165) is 63.1 Å². The summed E-state index contributed by atoms with van der Waals surface area (Å²) in [5.74, 6) is 0. The Balaban J connectivity index is 1.44. The van der Waals surface area contributed by atoms with Gasteiger partial charge in [-0.2, -0.15) is 0 Å². The van der Waals surface area contributed by atoms with E-state index in [1.54, 1.807) is 0 Å². The fourth-order valence-corrected chi connectivity index (χ4v) is 3.81. The summed E-state index contributed by atoms with van der Waals surface area (Å²) < 4.78 is 16.4. The molecule has 3 heterocycles. The summed E-state index contributed by atoms with van der Waals surface area (Å²) in [6.45, 7) is 3.40. The van der Waals surface area contributed by atoms with Gasteiger partial charge in [0.1, 0.15) is 11.0 Å². The molecule has 2 aliphatic rings. The normalized spacial score (nSPS) is 24.5. The number of hydrogen-bond acceptors (Lipinski definition) is 6. The number of aromatic nitrogens is 2. The second kappa shape index (κ2) is 6.19. The number of ether oxygens (including phenoxy) is 2. The van der Waals surface area contributed by atoms with Crippen molar-refractivity contribution in [2.24, 2.45) is 0 Å². The fourth-order valence-electron chi connectivity index (χ4n) is 3.81. The molecular weight excluding hydrogens is 294 g/mol.